The van der Waals surface area contributed by atoms with Crippen molar-refractivity contribution in [1.29, 1.82) is 0 Å². The second-order valence-corrected chi connectivity index (χ2v) is 5.89. The highest BCUT2D eigenvalue weighted by molar-refractivity contribution is 5.25. The van der Waals surface area contributed by atoms with Crippen molar-refractivity contribution in [3.05, 3.63) is 53.1 Å². The maximum atomic E-state index is 4.58. The van der Waals surface area contributed by atoms with Gasteiger partial charge >= 0.3 is 0 Å². The fraction of sp³-hybridized carbons (Fsp3) is 0.500. The lowest BCUT2D eigenvalue weighted by Gasteiger charge is -2.14. The maximum absolute atomic E-state index is 4.58. The van der Waals surface area contributed by atoms with E-state index in [-0.39, 0.29) is 0 Å². The molecule has 1 aromatic carbocycles. The first-order valence-corrected chi connectivity index (χ1v) is 8.18. The minimum atomic E-state index is 0.954. The number of hydrogen-bond acceptors (Lipinski definition) is 2. The summed E-state index contributed by atoms with van der Waals surface area (Å²) in [4.78, 5) is 4.58. The standard InChI is InChI=1S/C18H25N3/c1-2-19-12-11-15-7-9-16(10-8-15)13-21-14-20-17-5-3-4-6-18(17)21/h7-10,14,19H,2-6,11-13H2,1H3. The van der Waals surface area contributed by atoms with Gasteiger partial charge in [-0.3, -0.25) is 0 Å². The predicted molar refractivity (Wildman–Crippen MR) is 86.7 cm³/mol. The van der Waals surface area contributed by atoms with Crippen LogP contribution in [-0.4, -0.2) is 22.6 Å². The molecule has 1 aromatic heterocycles. The van der Waals surface area contributed by atoms with Crippen LogP contribution in [0.15, 0.2) is 30.6 Å². The van der Waals surface area contributed by atoms with Crippen LogP contribution in [0.2, 0.25) is 0 Å². The van der Waals surface area contributed by atoms with Crippen LogP contribution in [0.25, 0.3) is 0 Å². The molecule has 0 amide bonds. The Balaban J connectivity index is 1.64. The lowest BCUT2D eigenvalue weighted by Crippen LogP contribution is -2.16. The SMILES string of the molecule is CCNCCc1ccc(Cn2cnc3c2CCCC3)cc1. The normalized spacial score (nSPS) is 14.1. The zero-order chi connectivity index (χ0) is 14.5. The third-order valence-corrected chi connectivity index (χ3v) is 4.33. The lowest BCUT2D eigenvalue weighted by molar-refractivity contribution is 0.628. The maximum Gasteiger partial charge on any atom is 0.0954 e. The first kappa shape index (κ1) is 14.3. The van der Waals surface area contributed by atoms with Crippen molar-refractivity contribution in [2.24, 2.45) is 0 Å². The number of nitrogens with one attached hydrogen (secondary N) is 1. The van der Waals surface area contributed by atoms with Gasteiger partial charge in [0, 0.05) is 12.2 Å². The highest BCUT2D eigenvalue weighted by atomic mass is 15.1. The van der Waals surface area contributed by atoms with E-state index in [1.165, 1.54) is 41.8 Å². The molecule has 0 unspecified atom stereocenters. The number of nitrogens with zero attached hydrogens (tertiary/aromatic N) is 2. The molecule has 0 spiro atoms. The molecule has 0 fully saturated rings. The van der Waals surface area contributed by atoms with Gasteiger partial charge in [-0.05, 0) is 56.3 Å². The minimum Gasteiger partial charge on any atom is -0.330 e. The van der Waals surface area contributed by atoms with Gasteiger partial charge < -0.3 is 9.88 Å². The molecule has 1 aliphatic rings. The van der Waals surface area contributed by atoms with Gasteiger partial charge in [0.1, 0.15) is 0 Å². The summed E-state index contributed by atoms with van der Waals surface area (Å²) in [6.45, 7) is 5.21. The zero-order valence-electron chi connectivity index (χ0n) is 12.9. The van der Waals surface area contributed by atoms with Crippen LogP contribution >= 0.6 is 0 Å². The quantitative estimate of drug-likeness (QED) is 0.826. The van der Waals surface area contributed by atoms with Crippen LogP contribution in [0, 0.1) is 0 Å². The van der Waals surface area contributed by atoms with Crippen LogP contribution in [0.3, 0.4) is 0 Å². The smallest absolute Gasteiger partial charge is 0.0954 e. The summed E-state index contributed by atoms with van der Waals surface area (Å²) >= 11 is 0. The molecule has 0 bridgehead atoms. The fourth-order valence-corrected chi connectivity index (χ4v) is 3.08. The van der Waals surface area contributed by atoms with Gasteiger partial charge in [0.15, 0.2) is 0 Å². The van der Waals surface area contributed by atoms with Gasteiger partial charge in [0.2, 0.25) is 0 Å². The monoisotopic (exact) mass is 283 g/mol. The highest BCUT2D eigenvalue weighted by Gasteiger charge is 2.14. The minimum absolute atomic E-state index is 0.954. The van der Waals surface area contributed by atoms with E-state index in [9.17, 15) is 0 Å². The summed E-state index contributed by atoms with van der Waals surface area (Å²) in [5.74, 6) is 0. The number of aryl methyl sites for hydroxylation is 1. The molecular formula is C18H25N3. The summed E-state index contributed by atoms with van der Waals surface area (Å²) < 4.78 is 2.34. The molecule has 1 N–H and O–H groups in total. The third-order valence-electron chi connectivity index (χ3n) is 4.33. The second kappa shape index (κ2) is 6.90. The molecule has 0 saturated carbocycles. The van der Waals surface area contributed by atoms with E-state index >= 15 is 0 Å². The number of rotatable bonds is 6. The Morgan fingerprint density at radius 1 is 1.10 bits per heavy atom. The number of likely N-dealkylation sites (N-methyl/N-ethyl adjacent to an activating group) is 1. The largest absolute Gasteiger partial charge is 0.330 e. The van der Waals surface area contributed by atoms with Crippen molar-refractivity contribution in [2.75, 3.05) is 13.1 Å². The Kier molecular flexibility index (Phi) is 4.71. The Hall–Kier alpha value is -1.61. The summed E-state index contributed by atoms with van der Waals surface area (Å²) in [6, 6.07) is 9.04. The van der Waals surface area contributed by atoms with Crippen LogP contribution < -0.4 is 5.32 Å². The molecule has 112 valence electrons. The Morgan fingerprint density at radius 3 is 2.67 bits per heavy atom. The number of aromatic nitrogens is 2. The van der Waals surface area contributed by atoms with Gasteiger partial charge in [-0.2, -0.15) is 0 Å². The van der Waals surface area contributed by atoms with E-state index in [4.69, 9.17) is 0 Å². The average molecular weight is 283 g/mol. The first-order valence-electron chi connectivity index (χ1n) is 8.18. The molecule has 0 radical (unpaired) electrons. The zero-order valence-corrected chi connectivity index (χ0v) is 12.9. The summed E-state index contributed by atoms with van der Waals surface area (Å²) in [5.41, 5.74) is 5.56. The van der Waals surface area contributed by atoms with E-state index in [1.54, 1.807) is 0 Å². The van der Waals surface area contributed by atoms with E-state index in [1.807, 2.05) is 6.33 Å². The van der Waals surface area contributed by atoms with Crippen molar-refractivity contribution in [3.8, 4) is 0 Å². The predicted octanol–water partition coefficient (Wildman–Crippen LogP) is 2.96. The van der Waals surface area contributed by atoms with Gasteiger partial charge in [-0.1, -0.05) is 31.2 Å². The van der Waals surface area contributed by atoms with Crippen molar-refractivity contribution < 1.29 is 0 Å². The van der Waals surface area contributed by atoms with E-state index in [0.717, 1.165) is 32.5 Å². The second-order valence-electron chi connectivity index (χ2n) is 5.89. The lowest BCUT2D eigenvalue weighted by atomic mass is 10.0. The average Bonchev–Trinajstić information content (AvgIpc) is 2.93. The molecule has 0 atom stereocenters. The number of imidazole rings is 1. The van der Waals surface area contributed by atoms with E-state index in [2.05, 4.69) is 46.1 Å². The first-order chi connectivity index (χ1) is 10.4. The van der Waals surface area contributed by atoms with Crippen molar-refractivity contribution in [1.82, 2.24) is 14.9 Å². The van der Waals surface area contributed by atoms with Gasteiger partial charge in [0.05, 0.1) is 12.0 Å². The Bertz CT molecular complexity index is 569. The van der Waals surface area contributed by atoms with Crippen LogP contribution in [0.1, 0.15) is 42.3 Å². The molecule has 3 heteroatoms. The molecule has 3 nitrogen and oxygen atoms in total. The van der Waals surface area contributed by atoms with Crippen LogP contribution in [-0.2, 0) is 25.8 Å². The summed E-state index contributed by atoms with van der Waals surface area (Å²) in [5, 5.41) is 3.37. The van der Waals surface area contributed by atoms with Crippen LogP contribution in [0.4, 0.5) is 0 Å². The molecular weight excluding hydrogens is 258 g/mol. The molecule has 2 aromatic rings. The molecule has 0 saturated heterocycles. The van der Waals surface area contributed by atoms with E-state index in [0.29, 0.717) is 0 Å². The van der Waals surface area contributed by atoms with Gasteiger partial charge in [-0.15, -0.1) is 0 Å². The van der Waals surface area contributed by atoms with E-state index < -0.39 is 0 Å². The van der Waals surface area contributed by atoms with Crippen LogP contribution in [0.5, 0.6) is 0 Å². The van der Waals surface area contributed by atoms with Crippen molar-refractivity contribution >= 4 is 0 Å². The number of fused-ring (bicyclic) bond motifs is 1. The third kappa shape index (κ3) is 3.53. The highest BCUT2D eigenvalue weighted by Crippen LogP contribution is 2.20. The topological polar surface area (TPSA) is 29.9 Å². The molecule has 0 aliphatic heterocycles. The molecule has 1 heterocycles. The molecule has 1 aliphatic carbocycles. The Labute approximate surface area is 127 Å². The summed E-state index contributed by atoms with van der Waals surface area (Å²) in [6.07, 6.45) is 8.08. The Morgan fingerprint density at radius 2 is 1.86 bits per heavy atom. The number of benzene rings is 1. The van der Waals surface area contributed by atoms with Crippen molar-refractivity contribution in [2.45, 2.75) is 45.6 Å². The molecule has 21 heavy (non-hydrogen) atoms. The van der Waals surface area contributed by atoms with Gasteiger partial charge in [0.25, 0.3) is 0 Å². The number of hydrogen-bond donors (Lipinski definition) is 1. The summed E-state index contributed by atoms with van der Waals surface area (Å²) in [7, 11) is 0. The fourth-order valence-electron chi connectivity index (χ4n) is 3.08. The molecule has 3 rings (SSSR count). The van der Waals surface area contributed by atoms with Crippen molar-refractivity contribution in [3.63, 3.8) is 0 Å². The van der Waals surface area contributed by atoms with Gasteiger partial charge in [-0.25, -0.2) is 4.98 Å².